The molecule has 1 aliphatic heterocycles. The highest BCUT2D eigenvalue weighted by molar-refractivity contribution is 4.96. The van der Waals surface area contributed by atoms with Gasteiger partial charge < -0.3 is 5.32 Å². The monoisotopic (exact) mass is 281 g/mol. The van der Waals surface area contributed by atoms with Gasteiger partial charge in [0.15, 0.2) is 0 Å². The van der Waals surface area contributed by atoms with E-state index in [4.69, 9.17) is 0 Å². The normalized spacial score (nSPS) is 41.0. The molecule has 3 nitrogen and oxygen atoms in total. The molecule has 2 aliphatic rings. The van der Waals surface area contributed by atoms with Crippen molar-refractivity contribution >= 4 is 0 Å². The van der Waals surface area contributed by atoms with Gasteiger partial charge in [0.25, 0.3) is 0 Å². The van der Waals surface area contributed by atoms with Crippen LogP contribution in [0.3, 0.4) is 0 Å². The summed E-state index contributed by atoms with van der Waals surface area (Å²) in [6.07, 6.45) is 2.75. The fourth-order valence-corrected chi connectivity index (χ4v) is 4.68. The second-order valence-electron chi connectivity index (χ2n) is 7.18. The average Bonchev–Trinajstić information content (AvgIpc) is 2.38. The highest BCUT2D eigenvalue weighted by atomic mass is 15.3. The molecular weight excluding hydrogens is 246 g/mol. The number of likely N-dealkylation sites (N-methyl/N-ethyl adjacent to an activating group) is 2. The van der Waals surface area contributed by atoms with Crippen molar-refractivity contribution in [3.8, 4) is 0 Å². The Kier molecular flexibility index (Phi) is 5.88. The summed E-state index contributed by atoms with van der Waals surface area (Å²) in [7, 11) is 0. The van der Waals surface area contributed by atoms with Crippen molar-refractivity contribution in [1.82, 2.24) is 15.1 Å². The number of piperazine rings is 1. The molecule has 3 heteroatoms. The van der Waals surface area contributed by atoms with E-state index in [9.17, 15) is 0 Å². The van der Waals surface area contributed by atoms with E-state index in [2.05, 4.69) is 49.7 Å². The first-order chi connectivity index (χ1) is 9.56. The number of hydrogen-bond acceptors (Lipinski definition) is 3. The molecule has 5 unspecified atom stereocenters. The maximum Gasteiger partial charge on any atom is 0.0276 e. The molecule has 1 heterocycles. The summed E-state index contributed by atoms with van der Waals surface area (Å²) < 4.78 is 0. The maximum atomic E-state index is 3.78. The molecule has 1 saturated heterocycles. The summed E-state index contributed by atoms with van der Waals surface area (Å²) >= 11 is 0. The highest BCUT2D eigenvalue weighted by Gasteiger charge is 2.39. The molecule has 20 heavy (non-hydrogen) atoms. The summed E-state index contributed by atoms with van der Waals surface area (Å²) in [5, 5.41) is 3.78. The lowest BCUT2D eigenvalue weighted by Gasteiger charge is -2.50. The summed E-state index contributed by atoms with van der Waals surface area (Å²) in [6, 6.07) is 2.15. The molecule has 5 atom stereocenters. The molecule has 0 aromatic rings. The van der Waals surface area contributed by atoms with Gasteiger partial charge in [-0.1, -0.05) is 27.7 Å². The van der Waals surface area contributed by atoms with Crippen molar-refractivity contribution in [2.45, 2.75) is 65.6 Å². The third kappa shape index (κ3) is 3.55. The summed E-state index contributed by atoms with van der Waals surface area (Å²) in [5.41, 5.74) is 0. The van der Waals surface area contributed by atoms with Gasteiger partial charge in [-0.15, -0.1) is 0 Å². The van der Waals surface area contributed by atoms with E-state index < -0.39 is 0 Å². The minimum Gasteiger partial charge on any atom is -0.313 e. The standard InChI is InChI=1S/C17H35N3/c1-6-18-16-11-13(3)10-14(4)17(16)20-9-8-19(7-2)15(5)12-20/h13-18H,6-12H2,1-5H3. The van der Waals surface area contributed by atoms with Gasteiger partial charge >= 0.3 is 0 Å². The van der Waals surface area contributed by atoms with Crippen molar-refractivity contribution in [3.63, 3.8) is 0 Å². The van der Waals surface area contributed by atoms with Crippen LogP contribution in [0.25, 0.3) is 0 Å². The molecule has 1 saturated carbocycles. The third-order valence-electron chi connectivity index (χ3n) is 5.52. The number of nitrogens with one attached hydrogen (secondary N) is 1. The second kappa shape index (κ2) is 7.24. The van der Waals surface area contributed by atoms with Crippen LogP contribution in [0.2, 0.25) is 0 Å². The predicted molar refractivity (Wildman–Crippen MR) is 87.1 cm³/mol. The Morgan fingerprint density at radius 3 is 2.40 bits per heavy atom. The molecule has 0 aromatic carbocycles. The topological polar surface area (TPSA) is 18.5 Å². The van der Waals surface area contributed by atoms with Crippen molar-refractivity contribution in [1.29, 1.82) is 0 Å². The van der Waals surface area contributed by atoms with Crippen LogP contribution in [0.4, 0.5) is 0 Å². The van der Waals surface area contributed by atoms with Gasteiger partial charge in [0, 0.05) is 37.8 Å². The van der Waals surface area contributed by atoms with Crippen molar-refractivity contribution in [2.24, 2.45) is 11.8 Å². The zero-order valence-corrected chi connectivity index (χ0v) is 14.2. The zero-order chi connectivity index (χ0) is 14.7. The Balaban J connectivity index is 2.04. The Bertz CT molecular complexity index is 294. The van der Waals surface area contributed by atoms with Gasteiger partial charge in [0.05, 0.1) is 0 Å². The first kappa shape index (κ1) is 16.3. The van der Waals surface area contributed by atoms with E-state index in [0.717, 1.165) is 24.4 Å². The van der Waals surface area contributed by atoms with Gasteiger partial charge in [-0.2, -0.15) is 0 Å². The van der Waals surface area contributed by atoms with E-state index >= 15 is 0 Å². The molecule has 0 spiro atoms. The van der Waals surface area contributed by atoms with Gasteiger partial charge in [-0.05, 0) is 44.7 Å². The molecule has 118 valence electrons. The van der Waals surface area contributed by atoms with Crippen LogP contribution in [0.5, 0.6) is 0 Å². The third-order valence-corrected chi connectivity index (χ3v) is 5.52. The lowest BCUT2D eigenvalue weighted by molar-refractivity contribution is 0.00387. The lowest BCUT2D eigenvalue weighted by Crippen LogP contribution is -2.62. The van der Waals surface area contributed by atoms with E-state index in [0.29, 0.717) is 12.1 Å². The Hall–Kier alpha value is -0.120. The first-order valence-corrected chi connectivity index (χ1v) is 8.78. The quantitative estimate of drug-likeness (QED) is 0.854. The minimum absolute atomic E-state index is 0.694. The maximum absolute atomic E-state index is 3.78. The Morgan fingerprint density at radius 1 is 1.05 bits per heavy atom. The van der Waals surface area contributed by atoms with Crippen molar-refractivity contribution < 1.29 is 0 Å². The largest absolute Gasteiger partial charge is 0.313 e. The predicted octanol–water partition coefficient (Wildman–Crippen LogP) is 2.43. The molecular formula is C17H35N3. The second-order valence-corrected chi connectivity index (χ2v) is 7.18. The molecule has 0 radical (unpaired) electrons. The molecule has 1 N–H and O–H groups in total. The lowest BCUT2D eigenvalue weighted by atomic mass is 9.75. The minimum atomic E-state index is 0.694. The molecule has 0 amide bonds. The van der Waals surface area contributed by atoms with Crippen LogP contribution in [-0.2, 0) is 0 Å². The van der Waals surface area contributed by atoms with Crippen molar-refractivity contribution in [3.05, 3.63) is 0 Å². The van der Waals surface area contributed by atoms with E-state index in [1.54, 1.807) is 0 Å². The zero-order valence-electron chi connectivity index (χ0n) is 14.2. The first-order valence-electron chi connectivity index (χ1n) is 8.78. The van der Waals surface area contributed by atoms with E-state index in [1.807, 2.05) is 0 Å². The molecule has 0 aromatic heterocycles. The van der Waals surface area contributed by atoms with Crippen LogP contribution in [-0.4, -0.2) is 60.6 Å². The Labute approximate surface area is 126 Å². The fraction of sp³-hybridized carbons (Fsp3) is 1.00. The van der Waals surface area contributed by atoms with Gasteiger partial charge in [-0.3, -0.25) is 9.80 Å². The van der Waals surface area contributed by atoms with E-state index in [1.165, 1.54) is 39.0 Å². The van der Waals surface area contributed by atoms with Crippen LogP contribution in [0, 0.1) is 11.8 Å². The van der Waals surface area contributed by atoms with Crippen LogP contribution in [0.1, 0.15) is 47.5 Å². The molecule has 2 rings (SSSR count). The SMILES string of the molecule is CCNC1CC(C)CC(C)C1N1CCN(CC)C(C)C1. The number of nitrogens with zero attached hydrogens (tertiary/aromatic N) is 2. The Morgan fingerprint density at radius 2 is 1.80 bits per heavy atom. The number of hydrogen-bond donors (Lipinski definition) is 1. The van der Waals surface area contributed by atoms with Crippen molar-refractivity contribution in [2.75, 3.05) is 32.7 Å². The molecule has 2 fully saturated rings. The molecule has 1 aliphatic carbocycles. The van der Waals surface area contributed by atoms with Crippen LogP contribution < -0.4 is 5.32 Å². The average molecular weight is 281 g/mol. The van der Waals surface area contributed by atoms with Gasteiger partial charge in [0.2, 0.25) is 0 Å². The fourth-order valence-electron chi connectivity index (χ4n) is 4.68. The van der Waals surface area contributed by atoms with Gasteiger partial charge in [0.1, 0.15) is 0 Å². The summed E-state index contributed by atoms with van der Waals surface area (Å²) in [6.45, 7) is 17.9. The summed E-state index contributed by atoms with van der Waals surface area (Å²) in [4.78, 5) is 5.41. The number of rotatable bonds is 4. The summed E-state index contributed by atoms with van der Waals surface area (Å²) in [5.74, 6) is 1.70. The molecule has 0 bridgehead atoms. The van der Waals surface area contributed by atoms with Crippen LogP contribution >= 0.6 is 0 Å². The smallest absolute Gasteiger partial charge is 0.0276 e. The van der Waals surface area contributed by atoms with E-state index in [-0.39, 0.29) is 0 Å². The highest BCUT2D eigenvalue weighted by Crippen LogP contribution is 2.33. The van der Waals surface area contributed by atoms with Gasteiger partial charge in [-0.25, -0.2) is 0 Å². The van der Waals surface area contributed by atoms with Crippen LogP contribution in [0.15, 0.2) is 0 Å².